The fraction of sp³-hybridized carbons (Fsp3) is 0.462. The molecule has 0 bridgehead atoms. The van der Waals surface area contributed by atoms with Crippen LogP contribution >= 0.6 is 23.2 Å². The summed E-state index contributed by atoms with van der Waals surface area (Å²) in [7, 11) is 0. The Morgan fingerprint density at radius 1 is 1.47 bits per heavy atom. The molecular weight excluding hydrogens is 292 g/mol. The maximum atomic E-state index is 13.6. The minimum Gasteiger partial charge on any atom is -0.480 e. The number of aliphatic carboxylic acids is 1. The molecule has 3 nitrogen and oxygen atoms in total. The van der Waals surface area contributed by atoms with E-state index in [1.54, 1.807) is 0 Å². The molecular formula is C13H14Cl2FNO2. The van der Waals surface area contributed by atoms with Crippen molar-refractivity contribution in [1.29, 1.82) is 0 Å². The van der Waals surface area contributed by atoms with Gasteiger partial charge in [0.05, 0.1) is 5.02 Å². The molecule has 6 heteroatoms. The average molecular weight is 306 g/mol. The van der Waals surface area contributed by atoms with Crippen molar-refractivity contribution in [3.63, 3.8) is 0 Å². The van der Waals surface area contributed by atoms with E-state index in [-0.39, 0.29) is 15.6 Å². The summed E-state index contributed by atoms with van der Waals surface area (Å²) in [5, 5.41) is 12.4. The highest BCUT2D eigenvalue weighted by Gasteiger charge is 2.38. The first-order valence-corrected chi connectivity index (χ1v) is 6.73. The van der Waals surface area contributed by atoms with Gasteiger partial charge in [0.2, 0.25) is 0 Å². The first-order chi connectivity index (χ1) is 8.84. The predicted octanol–water partition coefficient (Wildman–Crippen LogP) is 3.43. The van der Waals surface area contributed by atoms with Crippen LogP contribution in [0.5, 0.6) is 0 Å². The van der Waals surface area contributed by atoms with Gasteiger partial charge < -0.3 is 5.11 Å². The number of carboxylic acids is 1. The summed E-state index contributed by atoms with van der Waals surface area (Å²) in [6, 6.07) is 2.31. The van der Waals surface area contributed by atoms with Crippen LogP contribution in [0.25, 0.3) is 0 Å². The van der Waals surface area contributed by atoms with Gasteiger partial charge in [0.15, 0.2) is 0 Å². The third-order valence-electron chi connectivity index (χ3n) is 3.42. The zero-order chi connectivity index (χ0) is 14.2. The minimum atomic E-state index is -1.43. The van der Waals surface area contributed by atoms with Gasteiger partial charge in [-0.3, -0.25) is 5.32 Å². The molecule has 2 N–H and O–H groups in total. The molecule has 1 aromatic carbocycles. The zero-order valence-electron chi connectivity index (χ0n) is 10.3. The van der Waals surface area contributed by atoms with Gasteiger partial charge in [0.1, 0.15) is 11.4 Å². The zero-order valence-corrected chi connectivity index (χ0v) is 11.9. The number of halogens is 3. The summed E-state index contributed by atoms with van der Waals surface area (Å²) in [4.78, 5) is 11.5. The maximum Gasteiger partial charge on any atom is 0.328 e. The Labute approximate surface area is 120 Å². The van der Waals surface area contributed by atoms with Crippen molar-refractivity contribution in [3.05, 3.63) is 33.6 Å². The van der Waals surface area contributed by atoms with Crippen LogP contribution in [-0.4, -0.2) is 17.6 Å². The Kier molecular flexibility index (Phi) is 4.04. The van der Waals surface area contributed by atoms with Crippen molar-refractivity contribution in [2.45, 2.75) is 25.3 Å². The Morgan fingerprint density at radius 3 is 2.63 bits per heavy atom. The predicted molar refractivity (Wildman–Crippen MR) is 72.1 cm³/mol. The van der Waals surface area contributed by atoms with Crippen LogP contribution in [0.15, 0.2) is 12.1 Å². The van der Waals surface area contributed by atoms with Gasteiger partial charge in [-0.2, -0.15) is 0 Å². The summed E-state index contributed by atoms with van der Waals surface area (Å²) >= 11 is 11.6. The molecule has 1 saturated carbocycles. The fourth-order valence-corrected chi connectivity index (χ4v) is 2.43. The molecule has 0 saturated heterocycles. The third-order valence-corrected chi connectivity index (χ3v) is 4.02. The average Bonchev–Trinajstić information content (AvgIpc) is 3.14. The number of hydrogen-bond donors (Lipinski definition) is 2. The largest absolute Gasteiger partial charge is 0.480 e. The normalized spacial score (nSPS) is 18.1. The summed E-state index contributed by atoms with van der Waals surface area (Å²) in [5.74, 6) is -1.28. The van der Waals surface area contributed by atoms with Crippen LogP contribution in [0.4, 0.5) is 4.39 Å². The number of carboxylic acid groups (broad SMARTS) is 1. The Hall–Kier alpha value is -0.840. The summed E-state index contributed by atoms with van der Waals surface area (Å²) in [6.07, 6.45) is 2.18. The number of hydrogen-bond acceptors (Lipinski definition) is 2. The van der Waals surface area contributed by atoms with Crippen molar-refractivity contribution in [2.75, 3.05) is 6.54 Å². The SMILES string of the molecule is CC(NCC1CC1)(C(=O)O)c1cc(F)c(Cl)cc1Cl. The van der Waals surface area contributed by atoms with E-state index in [0.29, 0.717) is 12.5 Å². The van der Waals surface area contributed by atoms with Crippen molar-refractivity contribution >= 4 is 29.2 Å². The molecule has 0 aromatic heterocycles. The molecule has 1 fully saturated rings. The van der Waals surface area contributed by atoms with Crippen molar-refractivity contribution in [2.24, 2.45) is 5.92 Å². The molecule has 0 aliphatic heterocycles. The smallest absolute Gasteiger partial charge is 0.328 e. The first kappa shape index (κ1) is 14.6. The molecule has 104 valence electrons. The van der Waals surface area contributed by atoms with Crippen LogP contribution in [0.1, 0.15) is 25.3 Å². The van der Waals surface area contributed by atoms with E-state index >= 15 is 0 Å². The minimum absolute atomic E-state index is 0.122. The Balaban J connectivity index is 2.36. The van der Waals surface area contributed by atoms with Crippen molar-refractivity contribution < 1.29 is 14.3 Å². The maximum absolute atomic E-state index is 13.6. The van der Waals surface area contributed by atoms with E-state index in [0.717, 1.165) is 18.9 Å². The van der Waals surface area contributed by atoms with E-state index in [2.05, 4.69) is 5.32 Å². The lowest BCUT2D eigenvalue weighted by atomic mass is 9.91. The van der Waals surface area contributed by atoms with Crippen LogP contribution in [0, 0.1) is 11.7 Å². The van der Waals surface area contributed by atoms with Crippen LogP contribution in [0.2, 0.25) is 10.0 Å². The lowest BCUT2D eigenvalue weighted by Crippen LogP contribution is -2.47. The third kappa shape index (κ3) is 3.02. The molecule has 1 aliphatic carbocycles. The molecule has 0 radical (unpaired) electrons. The Bertz CT molecular complexity index is 520. The molecule has 1 aliphatic rings. The van der Waals surface area contributed by atoms with E-state index in [4.69, 9.17) is 23.2 Å². The highest BCUT2D eigenvalue weighted by molar-refractivity contribution is 6.35. The van der Waals surface area contributed by atoms with E-state index in [9.17, 15) is 14.3 Å². The lowest BCUT2D eigenvalue weighted by Gasteiger charge is -2.28. The standard InChI is InChI=1S/C13H14Cl2FNO2/c1-13(12(18)19,17-6-7-2-3-7)8-4-11(16)10(15)5-9(8)14/h4-5,7,17H,2-3,6H2,1H3,(H,18,19). The number of nitrogens with one attached hydrogen (secondary N) is 1. The van der Waals surface area contributed by atoms with Gasteiger partial charge in [-0.25, -0.2) is 9.18 Å². The summed E-state index contributed by atoms with van der Waals surface area (Å²) < 4.78 is 13.6. The van der Waals surface area contributed by atoms with Crippen molar-refractivity contribution in [3.8, 4) is 0 Å². The van der Waals surface area contributed by atoms with Crippen molar-refractivity contribution in [1.82, 2.24) is 5.32 Å². The van der Waals surface area contributed by atoms with Gasteiger partial charge in [0, 0.05) is 10.6 Å². The van der Waals surface area contributed by atoms with Gasteiger partial charge in [-0.15, -0.1) is 0 Å². The molecule has 19 heavy (non-hydrogen) atoms. The summed E-state index contributed by atoms with van der Waals surface area (Å²) in [5.41, 5.74) is -1.24. The lowest BCUT2D eigenvalue weighted by molar-refractivity contribution is -0.144. The molecule has 1 unspecified atom stereocenters. The monoisotopic (exact) mass is 305 g/mol. The van der Waals surface area contributed by atoms with Gasteiger partial charge in [0.25, 0.3) is 0 Å². The van der Waals surface area contributed by atoms with E-state index in [1.807, 2.05) is 0 Å². The quantitative estimate of drug-likeness (QED) is 0.819. The van der Waals surface area contributed by atoms with Crippen LogP contribution in [0.3, 0.4) is 0 Å². The second-order valence-electron chi connectivity index (χ2n) is 5.00. The second-order valence-corrected chi connectivity index (χ2v) is 5.81. The highest BCUT2D eigenvalue weighted by Crippen LogP contribution is 2.34. The number of rotatable bonds is 5. The summed E-state index contributed by atoms with van der Waals surface area (Å²) in [6.45, 7) is 2.05. The van der Waals surface area contributed by atoms with Crippen LogP contribution in [-0.2, 0) is 10.3 Å². The number of carbonyl (C=O) groups is 1. The fourth-order valence-electron chi connectivity index (χ4n) is 1.86. The van der Waals surface area contributed by atoms with E-state index < -0.39 is 17.3 Å². The second kappa shape index (κ2) is 5.27. The van der Waals surface area contributed by atoms with Gasteiger partial charge >= 0.3 is 5.97 Å². The molecule has 0 spiro atoms. The van der Waals surface area contributed by atoms with Crippen LogP contribution < -0.4 is 5.32 Å². The van der Waals surface area contributed by atoms with Gasteiger partial charge in [-0.05, 0) is 44.4 Å². The van der Waals surface area contributed by atoms with Gasteiger partial charge in [-0.1, -0.05) is 23.2 Å². The molecule has 0 heterocycles. The molecule has 1 atom stereocenters. The first-order valence-electron chi connectivity index (χ1n) is 5.98. The molecule has 2 rings (SSSR count). The Morgan fingerprint density at radius 2 is 2.11 bits per heavy atom. The molecule has 1 aromatic rings. The topological polar surface area (TPSA) is 49.3 Å². The van der Waals surface area contributed by atoms with E-state index in [1.165, 1.54) is 13.0 Å². The molecule has 0 amide bonds. The number of benzene rings is 1. The highest BCUT2D eigenvalue weighted by atomic mass is 35.5.